The van der Waals surface area contributed by atoms with E-state index < -0.39 is 0 Å². The van der Waals surface area contributed by atoms with E-state index in [9.17, 15) is 4.79 Å². The number of hydrogen-bond acceptors (Lipinski definition) is 1. The van der Waals surface area contributed by atoms with E-state index in [1.165, 1.54) is 44.1 Å². The third-order valence-corrected chi connectivity index (χ3v) is 4.67. The molecular formula is C14H21NO. The van der Waals surface area contributed by atoms with E-state index in [-0.39, 0.29) is 5.91 Å². The molecule has 0 bridgehead atoms. The number of nitrogens with one attached hydrogen (secondary N) is 1. The zero-order chi connectivity index (χ0) is 11.0. The molecule has 0 aromatic heterocycles. The number of allylic oxidation sites excluding steroid dienone is 1. The molecule has 1 heterocycles. The van der Waals surface area contributed by atoms with Gasteiger partial charge in [0.1, 0.15) is 0 Å². The lowest BCUT2D eigenvalue weighted by molar-refractivity contribution is -0.118. The number of carbonyl (C=O) groups is 1. The molecular weight excluding hydrogens is 198 g/mol. The van der Waals surface area contributed by atoms with Crippen LogP contribution in [-0.4, -0.2) is 12.5 Å². The molecule has 0 spiro atoms. The second-order valence-corrected chi connectivity index (χ2v) is 5.65. The summed E-state index contributed by atoms with van der Waals surface area (Å²) in [6.45, 7) is 0.877. The maximum atomic E-state index is 11.8. The van der Waals surface area contributed by atoms with E-state index in [0.717, 1.165) is 36.8 Å². The van der Waals surface area contributed by atoms with Crippen molar-refractivity contribution in [2.75, 3.05) is 6.54 Å². The highest BCUT2D eigenvalue weighted by molar-refractivity contribution is 5.94. The topological polar surface area (TPSA) is 29.1 Å². The number of amides is 1. The van der Waals surface area contributed by atoms with Crippen LogP contribution in [0.1, 0.15) is 51.4 Å². The first-order valence-electron chi connectivity index (χ1n) is 6.83. The molecule has 1 N–H and O–H groups in total. The molecule has 0 radical (unpaired) electrons. The summed E-state index contributed by atoms with van der Waals surface area (Å²) in [7, 11) is 0. The Morgan fingerprint density at radius 3 is 2.31 bits per heavy atom. The van der Waals surface area contributed by atoms with Crippen LogP contribution < -0.4 is 5.32 Å². The molecule has 2 saturated carbocycles. The van der Waals surface area contributed by atoms with Crippen LogP contribution in [-0.2, 0) is 4.79 Å². The van der Waals surface area contributed by atoms with Crippen molar-refractivity contribution >= 4 is 5.91 Å². The van der Waals surface area contributed by atoms with Gasteiger partial charge in [0.15, 0.2) is 0 Å². The quantitative estimate of drug-likeness (QED) is 0.624. The van der Waals surface area contributed by atoms with Crippen LogP contribution >= 0.6 is 0 Å². The van der Waals surface area contributed by atoms with Gasteiger partial charge in [-0.2, -0.15) is 0 Å². The minimum atomic E-state index is 0.236. The summed E-state index contributed by atoms with van der Waals surface area (Å²) in [6, 6.07) is 0. The predicted octanol–water partition coefficient (Wildman–Crippen LogP) is 2.79. The molecule has 3 rings (SSSR count). The van der Waals surface area contributed by atoms with Crippen LogP contribution in [0.3, 0.4) is 0 Å². The van der Waals surface area contributed by atoms with Gasteiger partial charge in [-0.25, -0.2) is 0 Å². The summed E-state index contributed by atoms with van der Waals surface area (Å²) in [5.74, 6) is 2.05. The first kappa shape index (κ1) is 10.4. The largest absolute Gasteiger partial charge is 0.352 e. The third-order valence-electron chi connectivity index (χ3n) is 4.67. The monoisotopic (exact) mass is 219 g/mol. The highest BCUT2D eigenvalue weighted by Crippen LogP contribution is 2.46. The Labute approximate surface area is 97.5 Å². The Morgan fingerprint density at radius 2 is 1.69 bits per heavy atom. The Bertz CT molecular complexity index is 316. The summed E-state index contributed by atoms with van der Waals surface area (Å²) in [5, 5.41) is 2.99. The van der Waals surface area contributed by atoms with Crippen molar-refractivity contribution in [2.24, 2.45) is 11.8 Å². The summed E-state index contributed by atoms with van der Waals surface area (Å²) in [6.07, 6.45) is 10.3. The average molecular weight is 219 g/mol. The zero-order valence-electron chi connectivity index (χ0n) is 9.93. The molecule has 0 aromatic rings. The smallest absolute Gasteiger partial charge is 0.247 e. The summed E-state index contributed by atoms with van der Waals surface area (Å²) < 4.78 is 0. The van der Waals surface area contributed by atoms with Gasteiger partial charge in [-0.3, -0.25) is 4.79 Å². The molecule has 0 unspecified atom stereocenters. The SMILES string of the molecule is O=C1NCCCC1=C1C[C@H]2CCCC[C@H]2C1. The molecule has 88 valence electrons. The molecule has 3 fully saturated rings. The fourth-order valence-electron chi connectivity index (χ4n) is 3.81. The number of carbonyl (C=O) groups excluding carboxylic acids is 1. The average Bonchev–Trinajstić information content (AvgIpc) is 2.73. The summed E-state index contributed by atoms with van der Waals surface area (Å²) in [4.78, 5) is 11.8. The molecule has 3 aliphatic rings. The third kappa shape index (κ3) is 1.79. The Hall–Kier alpha value is -0.790. The molecule has 2 nitrogen and oxygen atoms in total. The maximum Gasteiger partial charge on any atom is 0.247 e. The van der Waals surface area contributed by atoms with Gasteiger partial charge in [-0.15, -0.1) is 0 Å². The van der Waals surface area contributed by atoms with Gasteiger partial charge in [0.05, 0.1) is 0 Å². The van der Waals surface area contributed by atoms with Crippen LogP contribution in [0.2, 0.25) is 0 Å². The lowest BCUT2D eigenvalue weighted by Gasteiger charge is -2.23. The molecule has 1 amide bonds. The second-order valence-electron chi connectivity index (χ2n) is 5.65. The van der Waals surface area contributed by atoms with E-state index in [4.69, 9.17) is 0 Å². The van der Waals surface area contributed by atoms with Crippen LogP contribution in [0.25, 0.3) is 0 Å². The molecule has 1 aliphatic heterocycles. The number of rotatable bonds is 0. The van der Waals surface area contributed by atoms with Crippen LogP contribution in [0.4, 0.5) is 0 Å². The number of fused-ring (bicyclic) bond motifs is 1. The van der Waals surface area contributed by atoms with E-state index in [0.29, 0.717) is 0 Å². The summed E-state index contributed by atoms with van der Waals surface area (Å²) in [5.41, 5.74) is 2.66. The zero-order valence-corrected chi connectivity index (χ0v) is 9.93. The summed E-state index contributed by atoms with van der Waals surface area (Å²) >= 11 is 0. The lowest BCUT2D eigenvalue weighted by Crippen LogP contribution is -2.31. The van der Waals surface area contributed by atoms with E-state index in [1.807, 2.05) is 0 Å². The van der Waals surface area contributed by atoms with E-state index >= 15 is 0 Å². The first-order chi connectivity index (χ1) is 7.84. The fraction of sp³-hybridized carbons (Fsp3) is 0.786. The first-order valence-corrected chi connectivity index (χ1v) is 6.83. The van der Waals surface area contributed by atoms with Crippen molar-refractivity contribution in [1.82, 2.24) is 5.32 Å². The maximum absolute atomic E-state index is 11.8. The van der Waals surface area contributed by atoms with Crippen LogP contribution in [0, 0.1) is 11.8 Å². The molecule has 16 heavy (non-hydrogen) atoms. The predicted molar refractivity (Wildman–Crippen MR) is 64.0 cm³/mol. The van der Waals surface area contributed by atoms with Gasteiger partial charge < -0.3 is 5.32 Å². The molecule has 1 saturated heterocycles. The van der Waals surface area contributed by atoms with Gasteiger partial charge in [-0.05, 0) is 50.4 Å². The van der Waals surface area contributed by atoms with E-state index in [2.05, 4.69) is 5.32 Å². The van der Waals surface area contributed by atoms with Gasteiger partial charge in [-0.1, -0.05) is 18.4 Å². The highest BCUT2D eigenvalue weighted by Gasteiger charge is 2.34. The minimum absolute atomic E-state index is 0.236. The molecule has 0 aromatic carbocycles. The van der Waals surface area contributed by atoms with Crippen molar-refractivity contribution < 1.29 is 4.79 Å². The minimum Gasteiger partial charge on any atom is -0.352 e. The van der Waals surface area contributed by atoms with Crippen molar-refractivity contribution in [3.05, 3.63) is 11.1 Å². The molecule has 2 heteroatoms. The van der Waals surface area contributed by atoms with Gasteiger partial charge >= 0.3 is 0 Å². The van der Waals surface area contributed by atoms with Gasteiger partial charge in [0.25, 0.3) is 0 Å². The van der Waals surface area contributed by atoms with Crippen molar-refractivity contribution in [2.45, 2.75) is 51.4 Å². The van der Waals surface area contributed by atoms with E-state index in [1.54, 1.807) is 0 Å². The van der Waals surface area contributed by atoms with Crippen molar-refractivity contribution in [3.8, 4) is 0 Å². The van der Waals surface area contributed by atoms with Crippen molar-refractivity contribution in [1.29, 1.82) is 0 Å². The number of hydrogen-bond donors (Lipinski definition) is 1. The highest BCUT2D eigenvalue weighted by atomic mass is 16.1. The molecule has 2 atom stereocenters. The Morgan fingerprint density at radius 1 is 1.00 bits per heavy atom. The van der Waals surface area contributed by atoms with Gasteiger partial charge in [0, 0.05) is 12.1 Å². The standard InChI is InChI=1S/C14H21NO/c16-14-13(6-3-7-15-14)12-8-10-4-1-2-5-11(10)9-12/h10-11H,1-9H2,(H,15,16)/t10-,11+. The normalized spacial score (nSPS) is 39.4. The Kier molecular flexibility index (Phi) is 2.74. The Balaban J connectivity index is 1.80. The second kappa shape index (κ2) is 4.23. The fourth-order valence-corrected chi connectivity index (χ4v) is 3.81. The molecule has 2 aliphatic carbocycles. The number of piperidine rings is 1. The van der Waals surface area contributed by atoms with Crippen molar-refractivity contribution in [3.63, 3.8) is 0 Å². The lowest BCUT2D eigenvalue weighted by atomic mass is 9.82. The van der Waals surface area contributed by atoms with Crippen LogP contribution in [0.15, 0.2) is 11.1 Å². The van der Waals surface area contributed by atoms with Crippen LogP contribution in [0.5, 0.6) is 0 Å². The van der Waals surface area contributed by atoms with Gasteiger partial charge in [0.2, 0.25) is 5.91 Å².